The molecule has 9 rings (SSSR count). The second-order valence-corrected chi connectivity index (χ2v) is 11.0. The molecule has 6 aromatic carbocycles. The van der Waals surface area contributed by atoms with Gasteiger partial charge in [-0.05, 0) is 47.5 Å². The maximum atomic E-state index is 6.35. The van der Waals surface area contributed by atoms with Crippen LogP contribution in [0.5, 0.6) is 0 Å². The average Bonchev–Trinajstić information content (AvgIpc) is 3.66. The van der Waals surface area contributed by atoms with E-state index in [-0.39, 0.29) is 0 Å². The van der Waals surface area contributed by atoms with Crippen molar-refractivity contribution in [3.8, 4) is 11.1 Å². The number of benzene rings is 6. The molecule has 1 aliphatic rings. The highest BCUT2D eigenvalue weighted by atomic mass is 16.3. The summed E-state index contributed by atoms with van der Waals surface area (Å²) in [5.74, 6) is 1.52. The van der Waals surface area contributed by atoms with Gasteiger partial charge in [-0.1, -0.05) is 103 Å². The van der Waals surface area contributed by atoms with E-state index >= 15 is 0 Å². The minimum absolute atomic E-state index is 0.529. The van der Waals surface area contributed by atoms with Crippen molar-refractivity contribution in [1.82, 2.24) is 5.32 Å². The van der Waals surface area contributed by atoms with Crippen LogP contribution in [0.15, 0.2) is 158 Å². The van der Waals surface area contributed by atoms with E-state index in [1.165, 1.54) is 0 Å². The molecule has 0 amide bonds. The van der Waals surface area contributed by atoms with Crippen molar-refractivity contribution in [3.63, 3.8) is 0 Å². The lowest BCUT2D eigenvalue weighted by Crippen LogP contribution is -2.36. The lowest BCUT2D eigenvalue weighted by Gasteiger charge is -2.24. The molecule has 5 nitrogen and oxygen atoms in total. The molecule has 1 N–H and O–H groups in total. The second-order valence-electron chi connectivity index (χ2n) is 11.0. The molecule has 5 heteroatoms. The Morgan fingerprint density at radius 3 is 1.80 bits per heavy atom. The summed E-state index contributed by atoms with van der Waals surface area (Å²) in [7, 11) is 0. The number of amidine groups is 2. The largest absolute Gasteiger partial charge is 0.456 e. The maximum Gasteiger partial charge on any atom is 0.171 e. The van der Waals surface area contributed by atoms with Crippen LogP contribution >= 0.6 is 0 Å². The summed E-state index contributed by atoms with van der Waals surface area (Å²) < 4.78 is 12.5. The van der Waals surface area contributed by atoms with E-state index in [0.29, 0.717) is 0 Å². The summed E-state index contributed by atoms with van der Waals surface area (Å²) >= 11 is 0. The van der Waals surface area contributed by atoms with E-state index in [9.17, 15) is 0 Å². The van der Waals surface area contributed by atoms with Gasteiger partial charge in [0.15, 0.2) is 6.17 Å². The molecule has 0 saturated heterocycles. The summed E-state index contributed by atoms with van der Waals surface area (Å²) in [6, 6.07) is 47.4. The summed E-state index contributed by atoms with van der Waals surface area (Å²) in [6.45, 7) is 0. The number of nitrogens with zero attached hydrogens (tertiary/aromatic N) is 2. The van der Waals surface area contributed by atoms with Crippen molar-refractivity contribution in [2.24, 2.45) is 9.98 Å². The van der Waals surface area contributed by atoms with E-state index in [0.717, 1.165) is 83.4 Å². The summed E-state index contributed by atoms with van der Waals surface area (Å²) in [4.78, 5) is 10.6. The Kier molecular flexibility index (Phi) is 5.50. The molecular formula is C39H25N3O2. The van der Waals surface area contributed by atoms with Crippen LogP contribution < -0.4 is 5.32 Å². The van der Waals surface area contributed by atoms with Crippen molar-refractivity contribution < 1.29 is 8.83 Å². The fraction of sp³-hybridized carbons (Fsp3) is 0.0256. The van der Waals surface area contributed by atoms with E-state index in [4.69, 9.17) is 18.8 Å². The molecule has 44 heavy (non-hydrogen) atoms. The van der Waals surface area contributed by atoms with Crippen LogP contribution in [0.3, 0.4) is 0 Å². The number of aliphatic imine (C=N–C) groups is 2. The molecule has 0 fully saturated rings. The van der Waals surface area contributed by atoms with Gasteiger partial charge in [0.1, 0.15) is 34.0 Å². The van der Waals surface area contributed by atoms with Crippen molar-refractivity contribution in [2.45, 2.75) is 6.17 Å². The fourth-order valence-corrected chi connectivity index (χ4v) is 6.32. The number of hydrogen-bond donors (Lipinski definition) is 1. The van der Waals surface area contributed by atoms with Crippen LogP contribution in [0.4, 0.5) is 0 Å². The molecule has 0 aliphatic carbocycles. The smallest absolute Gasteiger partial charge is 0.171 e. The van der Waals surface area contributed by atoms with Gasteiger partial charge in [0, 0.05) is 38.2 Å². The van der Waals surface area contributed by atoms with Gasteiger partial charge in [0.05, 0.1) is 0 Å². The molecule has 0 bridgehead atoms. The first-order valence-corrected chi connectivity index (χ1v) is 14.7. The van der Waals surface area contributed by atoms with Gasteiger partial charge >= 0.3 is 0 Å². The topological polar surface area (TPSA) is 63.0 Å². The van der Waals surface area contributed by atoms with Crippen LogP contribution in [0.2, 0.25) is 0 Å². The Labute approximate surface area is 252 Å². The molecule has 8 aromatic rings. The Bertz CT molecular complexity index is 2420. The number of para-hydroxylation sites is 2. The van der Waals surface area contributed by atoms with Crippen LogP contribution in [-0.4, -0.2) is 11.7 Å². The van der Waals surface area contributed by atoms with E-state index in [1.807, 2.05) is 60.7 Å². The third-order valence-corrected chi connectivity index (χ3v) is 8.36. The molecule has 1 atom stereocenters. The maximum absolute atomic E-state index is 6.35. The number of furan rings is 2. The van der Waals surface area contributed by atoms with E-state index in [1.54, 1.807) is 0 Å². The zero-order chi connectivity index (χ0) is 29.0. The first-order chi connectivity index (χ1) is 21.8. The third kappa shape index (κ3) is 3.94. The Balaban J connectivity index is 1.32. The van der Waals surface area contributed by atoms with Gasteiger partial charge in [-0.3, -0.25) is 0 Å². The molecule has 3 heterocycles. The predicted molar refractivity (Wildman–Crippen MR) is 178 cm³/mol. The number of rotatable bonds is 4. The van der Waals surface area contributed by atoms with E-state index in [2.05, 4.69) is 84.2 Å². The normalized spacial score (nSPS) is 15.0. The molecular weight excluding hydrogens is 542 g/mol. The standard InChI is InChI=1S/C39H25N3O2/c1-3-11-24(12-4-1)27-20-22-34-35(29-16-8-10-18-32(29)44-34)36(27)39-41-37(25-13-5-2-6-14-25)40-38(42-39)26-19-21-33-30(23-26)28-15-7-9-17-31(28)43-33/h1-23,39H,(H,40,41,42). The Morgan fingerprint density at radius 1 is 0.455 bits per heavy atom. The van der Waals surface area contributed by atoms with Crippen LogP contribution in [-0.2, 0) is 0 Å². The minimum atomic E-state index is -0.529. The van der Waals surface area contributed by atoms with Gasteiger partial charge in [0.25, 0.3) is 0 Å². The molecule has 0 spiro atoms. The monoisotopic (exact) mass is 567 g/mol. The summed E-state index contributed by atoms with van der Waals surface area (Å²) in [6.07, 6.45) is -0.529. The SMILES string of the molecule is c1ccc(C2=NC(c3c(-c4ccccc4)ccc4oc5ccccc5c34)N=C(c3ccc4oc5ccccc5c4c3)N2)cc1. The van der Waals surface area contributed by atoms with Crippen molar-refractivity contribution >= 4 is 55.5 Å². The minimum Gasteiger partial charge on any atom is -0.456 e. The van der Waals surface area contributed by atoms with Gasteiger partial charge in [-0.25, -0.2) is 9.98 Å². The summed E-state index contributed by atoms with van der Waals surface area (Å²) in [5.41, 5.74) is 8.53. The van der Waals surface area contributed by atoms with Gasteiger partial charge in [0.2, 0.25) is 0 Å². The van der Waals surface area contributed by atoms with Crippen LogP contribution in [0.25, 0.3) is 55.0 Å². The summed E-state index contributed by atoms with van der Waals surface area (Å²) in [5, 5.41) is 7.79. The zero-order valence-corrected chi connectivity index (χ0v) is 23.6. The van der Waals surface area contributed by atoms with Crippen LogP contribution in [0.1, 0.15) is 22.9 Å². The third-order valence-electron chi connectivity index (χ3n) is 8.36. The van der Waals surface area contributed by atoms with Gasteiger partial charge in [-0.15, -0.1) is 0 Å². The lowest BCUT2D eigenvalue weighted by atomic mass is 9.93. The second kappa shape index (κ2) is 9.82. The van der Waals surface area contributed by atoms with Crippen molar-refractivity contribution in [1.29, 1.82) is 0 Å². The van der Waals surface area contributed by atoms with Gasteiger partial charge in [-0.2, -0.15) is 0 Å². The highest BCUT2D eigenvalue weighted by Gasteiger charge is 2.27. The first-order valence-electron chi connectivity index (χ1n) is 14.7. The van der Waals surface area contributed by atoms with E-state index < -0.39 is 6.17 Å². The quantitative estimate of drug-likeness (QED) is 0.230. The van der Waals surface area contributed by atoms with Crippen molar-refractivity contribution in [2.75, 3.05) is 0 Å². The molecule has 0 radical (unpaired) electrons. The lowest BCUT2D eigenvalue weighted by molar-refractivity contribution is 0.667. The number of hydrogen-bond acceptors (Lipinski definition) is 5. The first kappa shape index (κ1) is 24.6. The molecule has 2 aromatic heterocycles. The van der Waals surface area contributed by atoms with Gasteiger partial charge < -0.3 is 14.2 Å². The molecule has 1 aliphatic heterocycles. The average molecular weight is 568 g/mol. The fourth-order valence-electron chi connectivity index (χ4n) is 6.32. The highest BCUT2D eigenvalue weighted by molar-refractivity contribution is 6.18. The Morgan fingerprint density at radius 2 is 1.02 bits per heavy atom. The Hall–Kier alpha value is -5.94. The number of nitrogens with one attached hydrogen (secondary N) is 1. The number of fused-ring (bicyclic) bond motifs is 6. The molecule has 1 unspecified atom stereocenters. The highest BCUT2D eigenvalue weighted by Crippen LogP contribution is 2.42. The molecule has 0 saturated carbocycles. The zero-order valence-electron chi connectivity index (χ0n) is 23.6. The van der Waals surface area contributed by atoms with Crippen molar-refractivity contribution in [3.05, 3.63) is 156 Å². The van der Waals surface area contributed by atoms with Crippen LogP contribution in [0, 0.1) is 0 Å². The molecule has 208 valence electrons. The predicted octanol–water partition coefficient (Wildman–Crippen LogP) is 9.65.